The summed E-state index contributed by atoms with van der Waals surface area (Å²) in [4.78, 5) is 11.6. The van der Waals surface area contributed by atoms with Crippen LogP contribution >= 0.6 is 0 Å². The first-order chi connectivity index (χ1) is 6.75. The Morgan fingerprint density at radius 2 is 2.07 bits per heavy atom. The van der Waals surface area contributed by atoms with Crippen molar-refractivity contribution in [2.75, 3.05) is 6.54 Å². The Balaban J connectivity index is 1.71. The molecule has 0 radical (unpaired) electrons. The molecule has 2 N–H and O–H groups in total. The van der Waals surface area contributed by atoms with Crippen molar-refractivity contribution < 1.29 is 4.79 Å². The minimum atomic E-state index is 0.289. The Bertz CT molecular complexity index is 205. The second-order valence-electron chi connectivity index (χ2n) is 4.72. The fraction of sp³-hybridized carbons (Fsp3) is 0.909. The van der Waals surface area contributed by atoms with E-state index in [0.29, 0.717) is 18.0 Å². The molecule has 1 amide bonds. The van der Waals surface area contributed by atoms with Gasteiger partial charge in [-0.15, -0.1) is 0 Å². The molecular formula is C11H20N2O. The lowest BCUT2D eigenvalue weighted by Crippen LogP contribution is -2.50. The fourth-order valence-electron chi connectivity index (χ4n) is 2.11. The lowest BCUT2D eigenvalue weighted by molar-refractivity contribution is -0.128. The van der Waals surface area contributed by atoms with Crippen LogP contribution in [0.4, 0.5) is 0 Å². The van der Waals surface area contributed by atoms with E-state index < -0.39 is 0 Å². The van der Waals surface area contributed by atoms with Crippen molar-refractivity contribution in [1.29, 1.82) is 0 Å². The van der Waals surface area contributed by atoms with Gasteiger partial charge in [-0.2, -0.15) is 0 Å². The maximum absolute atomic E-state index is 11.6. The molecule has 3 nitrogen and oxygen atoms in total. The van der Waals surface area contributed by atoms with Crippen LogP contribution in [-0.2, 0) is 4.79 Å². The summed E-state index contributed by atoms with van der Waals surface area (Å²) in [6.07, 6.45) is 5.74. The van der Waals surface area contributed by atoms with Gasteiger partial charge in [-0.25, -0.2) is 0 Å². The zero-order chi connectivity index (χ0) is 9.97. The van der Waals surface area contributed by atoms with Gasteiger partial charge in [0, 0.05) is 24.5 Å². The van der Waals surface area contributed by atoms with Gasteiger partial charge in [0.2, 0.25) is 5.91 Å². The van der Waals surface area contributed by atoms with E-state index >= 15 is 0 Å². The molecule has 2 unspecified atom stereocenters. The quantitative estimate of drug-likeness (QED) is 0.693. The van der Waals surface area contributed by atoms with Crippen LogP contribution in [0.15, 0.2) is 0 Å². The van der Waals surface area contributed by atoms with Gasteiger partial charge in [-0.3, -0.25) is 4.79 Å². The summed E-state index contributed by atoms with van der Waals surface area (Å²) in [7, 11) is 0. The highest BCUT2D eigenvalue weighted by Gasteiger charge is 2.27. The van der Waals surface area contributed by atoms with E-state index in [1.165, 1.54) is 12.8 Å². The Morgan fingerprint density at radius 3 is 2.57 bits per heavy atom. The first-order valence-corrected chi connectivity index (χ1v) is 5.79. The molecule has 1 heterocycles. The zero-order valence-corrected chi connectivity index (χ0v) is 8.88. The van der Waals surface area contributed by atoms with Crippen LogP contribution in [0, 0.1) is 5.92 Å². The molecule has 0 aromatic carbocycles. The molecule has 2 aliphatic rings. The molecule has 1 saturated carbocycles. The highest BCUT2D eigenvalue weighted by Crippen LogP contribution is 2.26. The molecule has 0 spiro atoms. The van der Waals surface area contributed by atoms with Crippen LogP contribution in [0.25, 0.3) is 0 Å². The number of nitrogens with one attached hydrogen (secondary N) is 2. The lowest BCUT2D eigenvalue weighted by Gasteiger charge is -2.31. The van der Waals surface area contributed by atoms with Crippen molar-refractivity contribution in [3.05, 3.63) is 0 Å². The number of amides is 1. The molecule has 2 atom stereocenters. The Hall–Kier alpha value is -0.570. The molecule has 2 fully saturated rings. The number of rotatable bonds is 2. The summed E-state index contributed by atoms with van der Waals surface area (Å²) < 4.78 is 0. The molecule has 0 aromatic rings. The molecule has 2 rings (SSSR count). The Kier molecular flexibility index (Phi) is 3.06. The van der Waals surface area contributed by atoms with Crippen molar-refractivity contribution in [2.24, 2.45) is 5.92 Å². The van der Waals surface area contributed by atoms with E-state index in [9.17, 15) is 4.79 Å². The third kappa shape index (κ3) is 2.27. The van der Waals surface area contributed by atoms with Crippen LogP contribution in [-0.4, -0.2) is 24.5 Å². The SMILES string of the molecule is CC1CCC(NC(=O)C2CCC2)CN1. The Labute approximate surface area is 85.6 Å². The van der Waals surface area contributed by atoms with Gasteiger partial charge >= 0.3 is 0 Å². The van der Waals surface area contributed by atoms with Crippen molar-refractivity contribution in [2.45, 2.75) is 51.1 Å². The van der Waals surface area contributed by atoms with Gasteiger partial charge in [0.15, 0.2) is 0 Å². The highest BCUT2D eigenvalue weighted by atomic mass is 16.2. The monoisotopic (exact) mass is 196 g/mol. The van der Waals surface area contributed by atoms with Gasteiger partial charge in [0.05, 0.1) is 0 Å². The molecule has 3 heteroatoms. The van der Waals surface area contributed by atoms with Gasteiger partial charge < -0.3 is 10.6 Å². The average molecular weight is 196 g/mol. The van der Waals surface area contributed by atoms with E-state index in [1.807, 2.05) is 0 Å². The van der Waals surface area contributed by atoms with E-state index in [4.69, 9.17) is 0 Å². The molecule has 14 heavy (non-hydrogen) atoms. The summed E-state index contributed by atoms with van der Waals surface area (Å²) in [5.41, 5.74) is 0. The smallest absolute Gasteiger partial charge is 0.223 e. The summed E-state index contributed by atoms with van der Waals surface area (Å²) in [5, 5.41) is 6.54. The van der Waals surface area contributed by atoms with Crippen molar-refractivity contribution in [3.63, 3.8) is 0 Å². The summed E-state index contributed by atoms with van der Waals surface area (Å²) in [6.45, 7) is 3.14. The molecule has 0 aromatic heterocycles. The standard InChI is InChI=1S/C11H20N2O/c1-8-5-6-10(7-12-8)13-11(14)9-3-2-4-9/h8-10,12H,2-7H2,1H3,(H,13,14). The van der Waals surface area contributed by atoms with Crippen LogP contribution < -0.4 is 10.6 Å². The molecule has 1 aliphatic carbocycles. The number of carbonyl (C=O) groups is 1. The summed E-state index contributed by atoms with van der Waals surface area (Å²) in [6, 6.07) is 0.992. The van der Waals surface area contributed by atoms with E-state index in [1.54, 1.807) is 0 Å². The molecule has 1 saturated heterocycles. The third-order valence-electron chi connectivity index (χ3n) is 3.48. The van der Waals surface area contributed by atoms with Gasteiger partial charge in [0.25, 0.3) is 0 Å². The van der Waals surface area contributed by atoms with Crippen LogP contribution in [0.5, 0.6) is 0 Å². The first-order valence-electron chi connectivity index (χ1n) is 5.79. The first kappa shape index (κ1) is 9.97. The molecule has 1 aliphatic heterocycles. The minimum Gasteiger partial charge on any atom is -0.352 e. The summed E-state index contributed by atoms with van der Waals surface area (Å²) >= 11 is 0. The second kappa shape index (κ2) is 4.30. The largest absolute Gasteiger partial charge is 0.352 e. The van der Waals surface area contributed by atoms with Crippen LogP contribution in [0.3, 0.4) is 0 Å². The normalized spacial score (nSPS) is 33.5. The third-order valence-corrected chi connectivity index (χ3v) is 3.48. The minimum absolute atomic E-state index is 0.289. The highest BCUT2D eigenvalue weighted by molar-refractivity contribution is 5.79. The second-order valence-corrected chi connectivity index (χ2v) is 4.72. The molecule has 0 bridgehead atoms. The number of hydrogen-bond donors (Lipinski definition) is 2. The topological polar surface area (TPSA) is 41.1 Å². The predicted molar refractivity (Wildman–Crippen MR) is 56.0 cm³/mol. The van der Waals surface area contributed by atoms with Gasteiger partial charge in [-0.1, -0.05) is 6.42 Å². The fourth-order valence-corrected chi connectivity index (χ4v) is 2.11. The predicted octanol–water partition coefficient (Wildman–Crippen LogP) is 1.04. The van der Waals surface area contributed by atoms with Crippen LogP contribution in [0.2, 0.25) is 0 Å². The summed E-state index contributed by atoms with van der Waals surface area (Å²) in [5.74, 6) is 0.618. The van der Waals surface area contributed by atoms with Crippen molar-refractivity contribution >= 4 is 5.91 Å². The average Bonchev–Trinajstić information content (AvgIpc) is 2.06. The van der Waals surface area contributed by atoms with Crippen LogP contribution in [0.1, 0.15) is 39.0 Å². The number of hydrogen-bond acceptors (Lipinski definition) is 2. The van der Waals surface area contributed by atoms with E-state index in [2.05, 4.69) is 17.6 Å². The van der Waals surface area contributed by atoms with Crippen molar-refractivity contribution in [1.82, 2.24) is 10.6 Å². The van der Waals surface area contributed by atoms with E-state index in [-0.39, 0.29) is 5.91 Å². The maximum Gasteiger partial charge on any atom is 0.223 e. The lowest BCUT2D eigenvalue weighted by atomic mass is 9.84. The van der Waals surface area contributed by atoms with Gasteiger partial charge in [0.1, 0.15) is 0 Å². The van der Waals surface area contributed by atoms with Crippen molar-refractivity contribution in [3.8, 4) is 0 Å². The number of carbonyl (C=O) groups excluding carboxylic acids is 1. The number of piperidine rings is 1. The maximum atomic E-state index is 11.6. The van der Waals surface area contributed by atoms with E-state index in [0.717, 1.165) is 25.8 Å². The zero-order valence-electron chi connectivity index (χ0n) is 8.88. The molecular weight excluding hydrogens is 176 g/mol. The molecule has 80 valence electrons. The van der Waals surface area contributed by atoms with Gasteiger partial charge in [-0.05, 0) is 32.6 Å². The Morgan fingerprint density at radius 1 is 1.29 bits per heavy atom.